The lowest BCUT2D eigenvalue weighted by Gasteiger charge is -2.17. The van der Waals surface area contributed by atoms with E-state index in [4.69, 9.17) is 0 Å². The lowest BCUT2D eigenvalue weighted by molar-refractivity contribution is 0.621. The third kappa shape index (κ3) is 1.95. The number of hydrogen-bond acceptors (Lipinski definition) is 0. The van der Waals surface area contributed by atoms with E-state index in [-0.39, 0.29) is 0 Å². The van der Waals surface area contributed by atoms with Gasteiger partial charge in [-0.3, -0.25) is 0 Å². The van der Waals surface area contributed by atoms with Crippen molar-refractivity contribution < 1.29 is 0 Å². The Bertz CT molecular complexity index is 184. The maximum Gasteiger partial charge on any atom is -0.0196 e. The molecule has 0 N–H and O–H groups in total. The first-order valence-electron chi connectivity index (χ1n) is 4.65. The van der Waals surface area contributed by atoms with Crippen molar-refractivity contribution in [3.05, 3.63) is 23.3 Å². The van der Waals surface area contributed by atoms with Crippen molar-refractivity contribution in [1.29, 1.82) is 0 Å². The van der Waals surface area contributed by atoms with Crippen LogP contribution in [0.1, 0.15) is 40.0 Å². The largest absolute Gasteiger partial charge is 0.0805 e. The Hall–Kier alpha value is -0.520. The summed E-state index contributed by atoms with van der Waals surface area (Å²) in [5, 5.41) is 0. The molecule has 0 bridgehead atoms. The highest BCUT2D eigenvalue weighted by molar-refractivity contribution is 5.32. The predicted octanol–water partition coefficient (Wildman–Crippen LogP) is 3.70. The molecular formula is C11H18. The Morgan fingerprint density at radius 1 is 1.45 bits per heavy atom. The molecule has 0 saturated heterocycles. The molecule has 1 unspecified atom stereocenters. The summed E-state index contributed by atoms with van der Waals surface area (Å²) in [5.74, 6) is 0.810. The summed E-state index contributed by atoms with van der Waals surface area (Å²) < 4.78 is 0. The van der Waals surface area contributed by atoms with E-state index in [0.29, 0.717) is 0 Å². The summed E-state index contributed by atoms with van der Waals surface area (Å²) in [5.41, 5.74) is 3.06. The average molecular weight is 150 g/mol. The van der Waals surface area contributed by atoms with E-state index in [0.717, 1.165) is 5.92 Å². The molecule has 0 nitrogen and oxygen atoms in total. The van der Waals surface area contributed by atoms with Gasteiger partial charge in [-0.1, -0.05) is 31.6 Å². The highest BCUT2D eigenvalue weighted by Gasteiger charge is 2.09. The van der Waals surface area contributed by atoms with E-state index < -0.39 is 0 Å². The van der Waals surface area contributed by atoms with E-state index in [9.17, 15) is 0 Å². The molecule has 0 fully saturated rings. The van der Waals surface area contributed by atoms with Gasteiger partial charge in [0, 0.05) is 0 Å². The van der Waals surface area contributed by atoms with Gasteiger partial charge >= 0.3 is 0 Å². The minimum atomic E-state index is 0.810. The van der Waals surface area contributed by atoms with Crippen molar-refractivity contribution in [2.75, 3.05) is 0 Å². The van der Waals surface area contributed by atoms with Crippen molar-refractivity contribution in [2.45, 2.75) is 40.0 Å². The smallest absolute Gasteiger partial charge is 0.0196 e. The highest BCUT2D eigenvalue weighted by atomic mass is 14.1. The molecular weight excluding hydrogens is 132 g/mol. The van der Waals surface area contributed by atoms with Crippen LogP contribution >= 0.6 is 0 Å². The second-order valence-corrected chi connectivity index (χ2v) is 3.34. The fraction of sp³-hybridized carbons (Fsp3) is 0.636. The average Bonchev–Trinajstić information content (AvgIpc) is 2.04. The van der Waals surface area contributed by atoms with Gasteiger partial charge in [-0.2, -0.15) is 0 Å². The van der Waals surface area contributed by atoms with Crippen LogP contribution in [0.3, 0.4) is 0 Å². The third-order valence-electron chi connectivity index (χ3n) is 2.56. The fourth-order valence-corrected chi connectivity index (χ4v) is 1.69. The van der Waals surface area contributed by atoms with Crippen molar-refractivity contribution in [1.82, 2.24) is 0 Å². The molecule has 11 heavy (non-hydrogen) atoms. The Labute approximate surface area is 70.0 Å². The monoisotopic (exact) mass is 150 g/mol. The first-order valence-corrected chi connectivity index (χ1v) is 4.65. The Kier molecular flexibility index (Phi) is 2.92. The molecule has 0 spiro atoms. The summed E-state index contributed by atoms with van der Waals surface area (Å²) in [6.45, 7) is 6.73. The maximum atomic E-state index is 2.43. The van der Waals surface area contributed by atoms with Crippen molar-refractivity contribution >= 4 is 0 Å². The molecule has 0 saturated carbocycles. The van der Waals surface area contributed by atoms with E-state index in [1.807, 2.05) is 0 Å². The van der Waals surface area contributed by atoms with Crippen LogP contribution in [0.2, 0.25) is 0 Å². The maximum absolute atomic E-state index is 2.43. The predicted molar refractivity (Wildman–Crippen MR) is 50.5 cm³/mol. The van der Waals surface area contributed by atoms with Gasteiger partial charge in [0.15, 0.2) is 0 Å². The van der Waals surface area contributed by atoms with Crippen molar-refractivity contribution in [3.8, 4) is 0 Å². The van der Waals surface area contributed by atoms with Crippen LogP contribution < -0.4 is 0 Å². The van der Waals surface area contributed by atoms with Gasteiger partial charge in [-0.15, -0.1) is 0 Å². The van der Waals surface area contributed by atoms with E-state index in [2.05, 4.69) is 32.9 Å². The molecule has 1 aliphatic rings. The summed E-state index contributed by atoms with van der Waals surface area (Å²) in [6, 6.07) is 0. The molecule has 1 aliphatic carbocycles. The van der Waals surface area contributed by atoms with Crippen LogP contribution in [-0.4, -0.2) is 0 Å². The third-order valence-corrected chi connectivity index (χ3v) is 2.56. The number of allylic oxidation sites excluding steroid dienone is 4. The molecule has 0 radical (unpaired) electrons. The molecule has 0 aromatic rings. The number of hydrogen-bond donors (Lipinski definition) is 0. The van der Waals surface area contributed by atoms with Crippen LogP contribution in [0.15, 0.2) is 23.3 Å². The van der Waals surface area contributed by atoms with Crippen LogP contribution in [0, 0.1) is 5.92 Å². The quantitative estimate of drug-likeness (QED) is 0.563. The molecule has 0 aromatic heterocycles. The first kappa shape index (κ1) is 8.58. The fourth-order valence-electron chi connectivity index (χ4n) is 1.69. The van der Waals surface area contributed by atoms with Crippen LogP contribution in [0.5, 0.6) is 0 Å². The summed E-state index contributed by atoms with van der Waals surface area (Å²) in [4.78, 5) is 0. The van der Waals surface area contributed by atoms with E-state index in [1.165, 1.54) is 24.8 Å². The second-order valence-electron chi connectivity index (χ2n) is 3.34. The highest BCUT2D eigenvalue weighted by Crippen LogP contribution is 2.25. The summed E-state index contributed by atoms with van der Waals surface area (Å²) >= 11 is 0. The number of rotatable bonds is 2. The van der Waals surface area contributed by atoms with Crippen LogP contribution in [0.4, 0.5) is 0 Å². The summed E-state index contributed by atoms with van der Waals surface area (Å²) in [6.07, 6.45) is 8.57. The molecule has 0 aliphatic heterocycles. The minimum absolute atomic E-state index is 0.810. The van der Waals surface area contributed by atoms with Crippen LogP contribution in [0.25, 0.3) is 0 Å². The van der Waals surface area contributed by atoms with Gasteiger partial charge in [0.2, 0.25) is 0 Å². The Balaban J connectivity index is 2.66. The van der Waals surface area contributed by atoms with E-state index in [1.54, 1.807) is 5.57 Å². The topological polar surface area (TPSA) is 0 Å². The second kappa shape index (κ2) is 3.75. The SMILES string of the molecule is CCC1=CCC(CC)C=C1C. The van der Waals surface area contributed by atoms with Gasteiger partial charge in [-0.05, 0) is 37.7 Å². The first-order chi connectivity index (χ1) is 5.27. The van der Waals surface area contributed by atoms with Gasteiger partial charge in [0.25, 0.3) is 0 Å². The molecule has 62 valence electrons. The Morgan fingerprint density at radius 2 is 2.18 bits per heavy atom. The zero-order valence-electron chi connectivity index (χ0n) is 7.85. The van der Waals surface area contributed by atoms with Gasteiger partial charge in [-0.25, -0.2) is 0 Å². The normalized spacial score (nSPS) is 24.5. The molecule has 1 atom stereocenters. The molecule has 0 heteroatoms. The minimum Gasteiger partial charge on any atom is -0.0805 e. The lowest BCUT2D eigenvalue weighted by Crippen LogP contribution is -2.01. The van der Waals surface area contributed by atoms with Gasteiger partial charge in [0.05, 0.1) is 0 Å². The molecule has 1 rings (SSSR count). The van der Waals surface area contributed by atoms with E-state index >= 15 is 0 Å². The van der Waals surface area contributed by atoms with Crippen molar-refractivity contribution in [2.24, 2.45) is 5.92 Å². The lowest BCUT2D eigenvalue weighted by atomic mass is 9.89. The zero-order chi connectivity index (χ0) is 8.27. The zero-order valence-corrected chi connectivity index (χ0v) is 7.85. The standard InChI is InChI=1S/C11H18/c1-4-10-6-7-11(5-2)9(3)8-10/h7-8,10H,4-6H2,1-3H3. The molecule has 0 aromatic carbocycles. The molecule has 0 amide bonds. The van der Waals surface area contributed by atoms with Crippen LogP contribution in [-0.2, 0) is 0 Å². The molecule has 0 heterocycles. The van der Waals surface area contributed by atoms with Crippen molar-refractivity contribution in [3.63, 3.8) is 0 Å². The van der Waals surface area contributed by atoms with Gasteiger partial charge in [0.1, 0.15) is 0 Å². The summed E-state index contributed by atoms with van der Waals surface area (Å²) in [7, 11) is 0. The van der Waals surface area contributed by atoms with Gasteiger partial charge < -0.3 is 0 Å². The Morgan fingerprint density at radius 3 is 2.64 bits per heavy atom.